The normalized spacial score (nSPS) is 14.3. The van der Waals surface area contributed by atoms with E-state index >= 15 is 0 Å². The van der Waals surface area contributed by atoms with E-state index in [0.717, 1.165) is 45.1 Å². The lowest BCUT2D eigenvalue weighted by atomic mass is 9.89. The van der Waals surface area contributed by atoms with E-state index in [4.69, 9.17) is 0 Å². The molecule has 5 aromatic rings. The molecule has 9 nitrogen and oxygen atoms in total. The molecule has 0 spiro atoms. The molecule has 6 rings (SSSR count). The van der Waals surface area contributed by atoms with Crippen LogP contribution in [0.3, 0.4) is 0 Å². The average Bonchev–Trinajstić information content (AvgIpc) is 3.52. The Bertz CT molecular complexity index is 1650. The van der Waals surface area contributed by atoms with Crippen molar-refractivity contribution in [2.45, 2.75) is 25.2 Å². The molecule has 4 heterocycles. The van der Waals surface area contributed by atoms with Crippen molar-refractivity contribution >= 4 is 50.0 Å². The average molecular weight is 572 g/mol. The minimum Gasteiger partial charge on any atom is -0.337 e. The van der Waals surface area contributed by atoms with Crippen molar-refractivity contribution in [3.8, 4) is 0 Å². The van der Waals surface area contributed by atoms with Gasteiger partial charge in [-0.3, -0.25) is 14.3 Å². The van der Waals surface area contributed by atoms with E-state index in [1.807, 2.05) is 60.6 Å². The van der Waals surface area contributed by atoms with Gasteiger partial charge in [-0.2, -0.15) is 10.2 Å². The summed E-state index contributed by atoms with van der Waals surface area (Å²) in [6.07, 6.45) is 5.33. The van der Waals surface area contributed by atoms with Crippen molar-refractivity contribution in [2.24, 2.45) is 7.05 Å². The number of carbonyl (C=O) groups excluding carboxylic acids is 2. The summed E-state index contributed by atoms with van der Waals surface area (Å²) in [5.74, 6) is 0.263. The Morgan fingerprint density at radius 2 is 1.84 bits per heavy atom. The first-order chi connectivity index (χ1) is 18.4. The molecule has 2 aromatic carbocycles. The third kappa shape index (κ3) is 4.79. The van der Waals surface area contributed by atoms with Gasteiger partial charge in [-0.05, 0) is 66.3 Å². The molecule has 0 unspecified atom stereocenters. The second kappa shape index (κ2) is 10.0. The number of hydrogen-bond acceptors (Lipinski definition) is 5. The number of aryl methyl sites for hydroxylation is 1. The number of pyridine rings is 1. The van der Waals surface area contributed by atoms with Crippen LogP contribution in [0.2, 0.25) is 0 Å². The van der Waals surface area contributed by atoms with Crippen molar-refractivity contribution in [3.63, 3.8) is 0 Å². The number of amides is 2. The first kappa shape index (κ1) is 24.3. The molecule has 1 N–H and O–H groups in total. The van der Waals surface area contributed by atoms with E-state index in [0.29, 0.717) is 24.7 Å². The van der Waals surface area contributed by atoms with Crippen LogP contribution in [-0.4, -0.2) is 54.2 Å². The number of benzene rings is 2. The topological polar surface area (TPSA) is 97.4 Å². The number of aromatic nitrogens is 5. The van der Waals surface area contributed by atoms with Gasteiger partial charge in [-0.25, -0.2) is 9.50 Å². The maximum atomic E-state index is 13.3. The fraction of sp³-hybridized carbons (Fsp3) is 0.250. The molecular formula is C28H26BrN7O2. The largest absolute Gasteiger partial charge is 0.337 e. The summed E-state index contributed by atoms with van der Waals surface area (Å²) in [7, 11) is 1.86. The molecule has 1 aliphatic heterocycles. The van der Waals surface area contributed by atoms with Gasteiger partial charge in [-0.1, -0.05) is 34.1 Å². The molecule has 0 radical (unpaired) electrons. The standard InChI is InChI=1S/C28H26BrN7O2/c1-34-24-8-5-21(29)15-23(24)27(33-34)28(38)35-12-10-20(11-13-35)19-3-6-22(7-4-19)32-26(37)14-18-2-9-25-30-17-31-36(25)16-18/h2-9,15-17,20H,10-14H2,1H3,(H,32,37). The predicted molar refractivity (Wildman–Crippen MR) is 148 cm³/mol. The molecule has 0 atom stereocenters. The number of fused-ring (bicyclic) bond motifs is 2. The molecule has 192 valence electrons. The van der Waals surface area contributed by atoms with Crippen LogP contribution in [0.15, 0.2) is 71.6 Å². The van der Waals surface area contributed by atoms with E-state index in [1.54, 1.807) is 9.20 Å². The smallest absolute Gasteiger partial charge is 0.275 e. The maximum Gasteiger partial charge on any atom is 0.275 e. The summed E-state index contributed by atoms with van der Waals surface area (Å²) in [6, 6.07) is 17.7. The SMILES string of the molecule is Cn1nc(C(=O)N2CCC(c3ccc(NC(=O)Cc4ccc5ncnn5c4)cc3)CC2)c2cc(Br)ccc21. The minimum absolute atomic E-state index is 0.0202. The summed E-state index contributed by atoms with van der Waals surface area (Å²) in [6.45, 7) is 1.37. The second-order valence-corrected chi connectivity index (χ2v) is 10.6. The summed E-state index contributed by atoms with van der Waals surface area (Å²) >= 11 is 3.50. The van der Waals surface area contributed by atoms with Crippen LogP contribution >= 0.6 is 15.9 Å². The number of carbonyl (C=O) groups is 2. The van der Waals surface area contributed by atoms with Crippen LogP contribution in [0.1, 0.15) is 40.4 Å². The number of nitrogens with zero attached hydrogens (tertiary/aromatic N) is 6. The molecule has 3 aromatic heterocycles. The molecule has 1 aliphatic rings. The van der Waals surface area contributed by atoms with Crippen LogP contribution in [0.25, 0.3) is 16.6 Å². The predicted octanol–water partition coefficient (Wildman–Crippen LogP) is 4.58. The Balaban J connectivity index is 1.05. The fourth-order valence-electron chi connectivity index (χ4n) is 5.15. The van der Waals surface area contributed by atoms with Gasteiger partial charge in [0.25, 0.3) is 5.91 Å². The summed E-state index contributed by atoms with van der Waals surface area (Å²) < 4.78 is 4.35. The van der Waals surface area contributed by atoms with Crippen LogP contribution in [0.4, 0.5) is 5.69 Å². The van der Waals surface area contributed by atoms with Crippen molar-refractivity contribution < 1.29 is 9.59 Å². The summed E-state index contributed by atoms with van der Waals surface area (Å²) in [5.41, 5.74) is 5.04. The first-order valence-corrected chi connectivity index (χ1v) is 13.3. The van der Waals surface area contributed by atoms with Gasteiger partial charge in [-0.15, -0.1) is 0 Å². The van der Waals surface area contributed by atoms with Crippen LogP contribution < -0.4 is 5.32 Å². The third-order valence-electron chi connectivity index (χ3n) is 7.16. The Morgan fingerprint density at radius 3 is 2.63 bits per heavy atom. The zero-order chi connectivity index (χ0) is 26.2. The molecule has 1 fully saturated rings. The van der Waals surface area contributed by atoms with Crippen molar-refractivity contribution in [1.82, 2.24) is 29.3 Å². The Kier molecular flexibility index (Phi) is 6.40. The molecule has 2 amide bonds. The molecule has 0 bridgehead atoms. The quantitative estimate of drug-likeness (QED) is 0.333. The fourth-order valence-corrected chi connectivity index (χ4v) is 5.52. The van der Waals surface area contributed by atoms with E-state index in [-0.39, 0.29) is 18.2 Å². The molecule has 0 aliphatic carbocycles. The minimum atomic E-state index is -0.0851. The summed E-state index contributed by atoms with van der Waals surface area (Å²) in [5, 5.41) is 12.5. The Hall–Kier alpha value is -4.05. The van der Waals surface area contributed by atoms with Crippen molar-refractivity contribution in [2.75, 3.05) is 18.4 Å². The number of nitrogens with one attached hydrogen (secondary N) is 1. The van der Waals surface area contributed by atoms with Crippen LogP contribution in [-0.2, 0) is 18.3 Å². The molecule has 1 saturated heterocycles. The number of anilines is 1. The Morgan fingerprint density at radius 1 is 1.05 bits per heavy atom. The zero-order valence-electron chi connectivity index (χ0n) is 20.8. The second-order valence-electron chi connectivity index (χ2n) is 9.65. The highest BCUT2D eigenvalue weighted by Crippen LogP contribution is 2.31. The highest BCUT2D eigenvalue weighted by molar-refractivity contribution is 9.10. The van der Waals surface area contributed by atoms with Crippen LogP contribution in [0.5, 0.6) is 0 Å². The lowest BCUT2D eigenvalue weighted by Gasteiger charge is -2.32. The van der Waals surface area contributed by atoms with E-state index in [9.17, 15) is 9.59 Å². The van der Waals surface area contributed by atoms with Crippen LogP contribution in [0, 0.1) is 0 Å². The van der Waals surface area contributed by atoms with Gasteiger partial charge in [0.1, 0.15) is 6.33 Å². The molecule has 38 heavy (non-hydrogen) atoms. The van der Waals surface area contributed by atoms with Gasteiger partial charge >= 0.3 is 0 Å². The number of halogens is 1. The number of likely N-dealkylation sites (tertiary alicyclic amines) is 1. The van der Waals surface area contributed by atoms with Gasteiger partial charge in [0.15, 0.2) is 11.3 Å². The van der Waals surface area contributed by atoms with E-state index < -0.39 is 0 Å². The van der Waals surface area contributed by atoms with Crippen molar-refractivity contribution in [1.29, 1.82) is 0 Å². The third-order valence-corrected chi connectivity index (χ3v) is 7.66. The maximum absolute atomic E-state index is 13.3. The first-order valence-electron chi connectivity index (χ1n) is 12.5. The molecule has 10 heteroatoms. The Labute approximate surface area is 227 Å². The lowest BCUT2D eigenvalue weighted by molar-refractivity contribution is -0.115. The lowest BCUT2D eigenvalue weighted by Crippen LogP contribution is -2.38. The molecular weight excluding hydrogens is 546 g/mol. The highest BCUT2D eigenvalue weighted by atomic mass is 79.9. The van der Waals surface area contributed by atoms with Gasteiger partial charge in [0.2, 0.25) is 5.91 Å². The highest BCUT2D eigenvalue weighted by Gasteiger charge is 2.27. The van der Waals surface area contributed by atoms with Crippen molar-refractivity contribution in [3.05, 3.63) is 88.4 Å². The summed E-state index contributed by atoms with van der Waals surface area (Å²) in [4.78, 5) is 31.9. The zero-order valence-corrected chi connectivity index (χ0v) is 22.4. The van der Waals surface area contributed by atoms with Gasteiger partial charge < -0.3 is 10.2 Å². The number of piperidine rings is 1. The number of hydrogen-bond donors (Lipinski definition) is 1. The number of rotatable bonds is 5. The van der Waals surface area contributed by atoms with Gasteiger partial charge in [0.05, 0.1) is 11.9 Å². The van der Waals surface area contributed by atoms with Gasteiger partial charge in [0, 0.05) is 41.9 Å². The van der Waals surface area contributed by atoms with E-state index in [2.05, 4.69) is 48.6 Å². The monoisotopic (exact) mass is 571 g/mol. The van der Waals surface area contributed by atoms with E-state index in [1.165, 1.54) is 11.9 Å². The molecule has 0 saturated carbocycles.